The molecule has 0 aliphatic carbocycles. The summed E-state index contributed by atoms with van der Waals surface area (Å²) >= 11 is 0. The van der Waals surface area contributed by atoms with E-state index in [4.69, 9.17) is 9.47 Å². The van der Waals surface area contributed by atoms with Gasteiger partial charge in [0.05, 0.1) is 18.9 Å². The van der Waals surface area contributed by atoms with E-state index in [0.717, 1.165) is 24.3 Å². The van der Waals surface area contributed by atoms with Crippen molar-refractivity contribution >= 4 is 24.8 Å². The van der Waals surface area contributed by atoms with Gasteiger partial charge in [-0.3, -0.25) is 0 Å². The van der Waals surface area contributed by atoms with Crippen molar-refractivity contribution in [2.24, 2.45) is 0 Å². The van der Waals surface area contributed by atoms with Gasteiger partial charge in [-0.2, -0.15) is 4.68 Å². The summed E-state index contributed by atoms with van der Waals surface area (Å²) in [6.45, 7) is 6.90. The van der Waals surface area contributed by atoms with E-state index < -0.39 is 0 Å². The Kier molecular flexibility index (Phi) is 12.7. The van der Waals surface area contributed by atoms with Crippen molar-refractivity contribution < 1.29 is 14.6 Å². The van der Waals surface area contributed by atoms with Crippen molar-refractivity contribution in [3.8, 4) is 17.2 Å². The Morgan fingerprint density at radius 3 is 2.45 bits per heavy atom. The molecule has 33 heavy (non-hydrogen) atoms. The fourth-order valence-electron chi connectivity index (χ4n) is 2.99. The highest BCUT2D eigenvalue weighted by Gasteiger charge is 2.12. The summed E-state index contributed by atoms with van der Waals surface area (Å²) in [4.78, 5) is 0. The predicted octanol–water partition coefficient (Wildman–Crippen LogP) is 2.46. The van der Waals surface area contributed by atoms with Crippen LogP contribution in [0.1, 0.15) is 23.9 Å². The lowest BCUT2D eigenvalue weighted by molar-refractivity contribution is 0.191. The Labute approximate surface area is 206 Å². The van der Waals surface area contributed by atoms with Crippen LogP contribution in [0.15, 0.2) is 42.5 Å². The van der Waals surface area contributed by atoms with Crippen molar-refractivity contribution in [1.82, 2.24) is 30.8 Å². The molecule has 0 fully saturated rings. The van der Waals surface area contributed by atoms with Gasteiger partial charge < -0.3 is 25.2 Å². The van der Waals surface area contributed by atoms with Gasteiger partial charge >= 0.3 is 0 Å². The molecule has 3 rings (SSSR count). The molecule has 0 bridgehead atoms. The van der Waals surface area contributed by atoms with Crippen molar-refractivity contribution in [2.45, 2.75) is 33.1 Å². The Morgan fingerprint density at radius 1 is 1.03 bits per heavy atom. The zero-order valence-corrected chi connectivity index (χ0v) is 20.7. The normalized spacial score (nSPS) is 11.3. The van der Waals surface area contributed by atoms with E-state index >= 15 is 0 Å². The summed E-state index contributed by atoms with van der Waals surface area (Å²) in [6.07, 6.45) is -0.335. The quantitative estimate of drug-likeness (QED) is 0.327. The minimum Gasteiger partial charge on any atom is -0.493 e. The average molecular weight is 499 g/mol. The molecule has 1 heterocycles. The van der Waals surface area contributed by atoms with Crippen LogP contribution in [0.5, 0.6) is 11.5 Å². The fourth-order valence-corrected chi connectivity index (χ4v) is 2.99. The van der Waals surface area contributed by atoms with E-state index in [-0.39, 0.29) is 37.5 Å². The molecular weight excluding hydrogens is 467 g/mol. The van der Waals surface area contributed by atoms with E-state index in [1.165, 1.54) is 5.56 Å². The zero-order valence-electron chi connectivity index (χ0n) is 19.0. The number of methoxy groups -OCH3 is 1. The maximum Gasteiger partial charge on any atom is 0.194 e. The van der Waals surface area contributed by atoms with Crippen molar-refractivity contribution in [3.63, 3.8) is 0 Å². The Balaban J connectivity index is 0.00000272. The highest BCUT2D eigenvalue weighted by atomic mass is 35.5. The van der Waals surface area contributed by atoms with Gasteiger partial charge in [0.2, 0.25) is 0 Å². The molecule has 3 aromatic rings. The second kappa shape index (κ2) is 14.7. The van der Waals surface area contributed by atoms with Crippen LogP contribution in [-0.2, 0) is 13.2 Å². The van der Waals surface area contributed by atoms with Crippen LogP contribution in [0.3, 0.4) is 0 Å². The third-order valence-electron chi connectivity index (χ3n) is 4.64. The number of nitrogens with zero attached hydrogens (tertiary/aromatic N) is 4. The van der Waals surface area contributed by atoms with Crippen LogP contribution in [0.2, 0.25) is 0 Å². The van der Waals surface area contributed by atoms with Gasteiger partial charge in [0, 0.05) is 26.2 Å². The lowest BCUT2D eigenvalue weighted by atomic mass is 10.2. The van der Waals surface area contributed by atoms with E-state index in [2.05, 4.69) is 26.2 Å². The van der Waals surface area contributed by atoms with Crippen LogP contribution < -0.4 is 20.1 Å². The first kappa shape index (κ1) is 28.6. The van der Waals surface area contributed by atoms with Gasteiger partial charge in [-0.15, -0.1) is 29.9 Å². The van der Waals surface area contributed by atoms with E-state index in [9.17, 15) is 5.11 Å². The number of rotatable bonds is 12. The summed E-state index contributed by atoms with van der Waals surface area (Å²) < 4.78 is 13.1. The van der Waals surface area contributed by atoms with Crippen molar-refractivity contribution in [3.05, 3.63) is 59.4 Å². The number of aryl methyl sites for hydroxylation is 1. The van der Waals surface area contributed by atoms with Gasteiger partial charge in [0.15, 0.2) is 23.9 Å². The standard InChI is InChI=1S/C22H30N6O3.2ClH/c1-16-4-7-19(8-5-16)28-22(25-26-27-28)15-31-20-9-6-18(12-21(20)30-3)14-24-11-10-23-13-17(2)29;;/h4-9,12,17,23-24,29H,10-11,13-15H2,1-3H3;2*1H. The highest BCUT2D eigenvalue weighted by molar-refractivity contribution is 5.85. The molecule has 0 saturated heterocycles. The van der Waals surface area contributed by atoms with E-state index in [1.54, 1.807) is 18.7 Å². The van der Waals surface area contributed by atoms with Crippen LogP contribution in [0, 0.1) is 6.92 Å². The summed E-state index contributed by atoms with van der Waals surface area (Å²) in [6, 6.07) is 13.8. The van der Waals surface area contributed by atoms with Gasteiger partial charge in [0.25, 0.3) is 0 Å². The SMILES string of the molecule is COc1cc(CNCCNCC(C)O)ccc1OCc1nnnn1-c1ccc(C)cc1.Cl.Cl. The highest BCUT2D eigenvalue weighted by Crippen LogP contribution is 2.28. The number of ether oxygens (including phenoxy) is 2. The first-order valence-corrected chi connectivity index (χ1v) is 10.3. The number of nitrogens with one attached hydrogen (secondary N) is 2. The van der Waals surface area contributed by atoms with Crippen LogP contribution in [0.25, 0.3) is 5.69 Å². The van der Waals surface area contributed by atoms with Crippen LogP contribution >= 0.6 is 24.8 Å². The third-order valence-corrected chi connectivity index (χ3v) is 4.64. The fraction of sp³-hybridized carbons (Fsp3) is 0.409. The zero-order chi connectivity index (χ0) is 22.1. The van der Waals surface area contributed by atoms with E-state index in [0.29, 0.717) is 30.4 Å². The molecule has 3 N–H and O–H groups in total. The van der Waals surface area contributed by atoms with Gasteiger partial charge in [-0.05, 0) is 54.1 Å². The lowest BCUT2D eigenvalue weighted by Crippen LogP contribution is -2.31. The summed E-state index contributed by atoms with van der Waals surface area (Å²) in [7, 11) is 1.62. The first-order chi connectivity index (χ1) is 15.1. The number of halogens is 2. The number of tetrazole rings is 1. The third kappa shape index (κ3) is 8.79. The molecular formula is C22H32Cl2N6O3. The van der Waals surface area contributed by atoms with Crippen molar-refractivity contribution in [2.75, 3.05) is 26.7 Å². The Morgan fingerprint density at radius 2 is 1.76 bits per heavy atom. The number of hydrogen-bond donors (Lipinski definition) is 3. The minimum atomic E-state index is -0.335. The molecule has 0 spiro atoms. The number of benzene rings is 2. The van der Waals surface area contributed by atoms with Crippen LogP contribution in [-0.4, -0.2) is 58.2 Å². The monoisotopic (exact) mass is 498 g/mol. The lowest BCUT2D eigenvalue weighted by Gasteiger charge is -2.13. The van der Waals surface area contributed by atoms with Gasteiger partial charge in [-0.1, -0.05) is 23.8 Å². The molecule has 9 nitrogen and oxygen atoms in total. The number of aliphatic hydroxyl groups excluding tert-OH is 1. The molecule has 2 aromatic carbocycles. The molecule has 0 radical (unpaired) electrons. The topological polar surface area (TPSA) is 106 Å². The second-order valence-electron chi connectivity index (χ2n) is 7.35. The molecule has 0 aliphatic heterocycles. The maximum absolute atomic E-state index is 9.24. The van der Waals surface area contributed by atoms with Gasteiger partial charge in [0.1, 0.15) is 0 Å². The molecule has 0 saturated carbocycles. The predicted molar refractivity (Wildman–Crippen MR) is 132 cm³/mol. The minimum absolute atomic E-state index is 0. The second-order valence-corrected chi connectivity index (χ2v) is 7.35. The molecule has 1 aromatic heterocycles. The van der Waals surface area contributed by atoms with Gasteiger partial charge in [-0.25, -0.2) is 0 Å². The number of hydrogen-bond acceptors (Lipinski definition) is 8. The molecule has 0 aliphatic rings. The van der Waals surface area contributed by atoms with E-state index in [1.807, 2.05) is 49.4 Å². The molecule has 11 heteroatoms. The Hall–Kier alpha value is -2.43. The molecule has 0 amide bonds. The Bertz CT molecular complexity index is 954. The molecule has 1 atom stereocenters. The average Bonchev–Trinajstić information content (AvgIpc) is 3.24. The van der Waals surface area contributed by atoms with Crippen molar-refractivity contribution in [1.29, 1.82) is 0 Å². The summed E-state index contributed by atoms with van der Waals surface area (Å²) in [5.74, 6) is 1.88. The molecule has 1 unspecified atom stereocenters. The largest absolute Gasteiger partial charge is 0.493 e. The molecule has 182 valence electrons. The number of aromatic nitrogens is 4. The summed E-state index contributed by atoms with van der Waals surface area (Å²) in [5.41, 5.74) is 3.14. The first-order valence-electron chi connectivity index (χ1n) is 10.3. The number of aliphatic hydroxyl groups is 1. The summed E-state index contributed by atoms with van der Waals surface area (Å²) in [5, 5.41) is 27.7. The van der Waals surface area contributed by atoms with Crippen LogP contribution in [0.4, 0.5) is 0 Å². The smallest absolute Gasteiger partial charge is 0.194 e. The maximum atomic E-state index is 9.24.